The smallest absolute Gasteiger partial charge is 0.216 e. The van der Waals surface area contributed by atoms with Crippen LogP contribution in [-0.2, 0) is 10.8 Å². The van der Waals surface area contributed by atoms with E-state index in [1.807, 2.05) is 0 Å². The third-order valence-electron chi connectivity index (χ3n) is 7.67. The van der Waals surface area contributed by atoms with Crippen molar-refractivity contribution in [2.24, 2.45) is 0 Å². The van der Waals surface area contributed by atoms with Gasteiger partial charge >= 0.3 is 0 Å². The van der Waals surface area contributed by atoms with Gasteiger partial charge in [0, 0.05) is 16.3 Å². The van der Waals surface area contributed by atoms with Gasteiger partial charge in [0.25, 0.3) is 0 Å². The average molecular weight is 547 g/mol. The summed E-state index contributed by atoms with van der Waals surface area (Å²) in [6, 6.07) is 12.7. The van der Waals surface area contributed by atoms with Crippen LogP contribution < -0.4 is 18.9 Å². The van der Waals surface area contributed by atoms with Crippen molar-refractivity contribution in [1.82, 2.24) is 0 Å². The number of fused-ring (bicyclic) bond motifs is 3. The van der Waals surface area contributed by atoms with Crippen LogP contribution in [0.25, 0.3) is 10.8 Å². The van der Waals surface area contributed by atoms with Crippen molar-refractivity contribution in [2.75, 3.05) is 13.2 Å². The van der Waals surface area contributed by atoms with Crippen molar-refractivity contribution in [3.05, 3.63) is 47.5 Å². The van der Waals surface area contributed by atoms with E-state index in [9.17, 15) is 0 Å². The molecule has 1 aliphatic rings. The molecule has 0 fully saturated rings. The van der Waals surface area contributed by atoms with Gasteiger partial charge in [-0.25, -0.2) is 0 Å². The zero-order chi connectivity index (χ0) is 28.9. The molecular weight excluding hydrogens is 496 g/mol. The number of hydrogen-bond donors (Lipinski definition) is 0. The maximum absolute atomic E-state index is 6.88. The first-order valence-electron chi connectivity index (χ1n) is 15.4. The molecule has 4 heteroatoms. The van der Waals surface area contributed by atoms with Crippen LogP contribution in [-0.4, -0.2) is 13.2 Å². The van der Waals surface area contributed by atoms with Crippen LogP contribution in [0.5, 0.6) is 34.5 Å². The van der Waals surface area contributed by atoms with Gasteiger partial charge in [-0.05, 0) is 35.3 Å². The summed E-state index contributed by atoms with van der Waals surface area (Å²) in [6.45, 7) is 19.1. The van der Waals surface area contributed by atoms with Gasteiger partial charge in [-0.1, -0.05) is 124 Å². The summed E-state index contributed by atoms with van der Waals surface area (Å²) >= 11 is 0. The maximum atomic E-state index is 6.88. The molecule has 3 aromatic rings. The monoisotopic (exact) mass is 546 g/mol. The molecule has 4 nitrogen and oxygen atoms in total. The second kappa shape index (κ2) is 12.7. The summed E-state index contributed by atoms with van der Waals surface area (Å²) in [5, 5.41) is 1.99. The number of unbranched alkanes of at least 4 members (excludes halogenated alkanes) is 6. The highest BCUT2D eigenvalue weighted by atomic mass is 16.6. The maximum Gasteiger partial charge on any atom is 0.216 e. The first-order chi connectivity index (χ1) is 19.1. The SMILES string of the molecule is CCCCCCOc1c2c(c(OCCCCCC)c3ccccc13)Oc1c(cc(C(C)(C)C)cc1C(C)(C)C)O2. The molecule has 0 N–H and O–H groups in total. The standard InChI is InChI=1S/C36H50O4/c1-9-11-13-17-21-37-30-26-19-15-16-20-27(26)31(38-22-18-14-12-10-2)34-33(30)39-29-24-25(35(3,4)5)23-28(32(29)40-34)36(6,7)8/h15-16,19-20,23-24H,9-14,17-18,21-22H2,1-8H3. The van der Waals surface area contributed by atoms with Crippen LogP contribution in [0.15, 0.2) is 36.4 Å². The van der Waals surface area contributed by atoms with E-state index in [4.69, 9.17) is 18.9 Å². The minimum atomic E-state index is -0.136. The quantitative estimate of drug-likeness (QED) is 0.166. The molecule has 0 saturated heterocycles. The van der Waals surface area contributed by atoms with Crippen LogP contribution in [0.4, 0.5) is 0 Å². The predicted octanol–water partition coefficient (Wildman–Crippen LogP) is 11.3. The highest BCUT2D eigenvalue weighted by molar-refractivity contribution is 5.99. The van der Waals surface area contributed by atoms with Crippen molar-refractivity contribution >= 4 is 10.8 Å². The van der Waals surface area contributed by atoms with Gasteiger partial charge in [-0.3, -0.25) is 0 Å². The Morgan fingerprint density at radius 3 is 1.60 bits per heavy atom. The van der Waals surface area contributed by atoms with Crippen molar-refractivity contribution in [1.29, 1.82) is 0 Å². The molecule has 0 radical (unpaired) electrons. The van der Waals surface area contributed by atoms with E-state index in [0.717, 1.165) is 65.0 Å². The highest BCUT2D eigenvalue weighted by Crippen LogP contribution is 2.60. The lowest BCUT2D eigenvalue weighted by Crippen LogP contribution is -2.19. The average Bonchev–Trinajstić information content (AvgIpc) is 2.90. The van der Waals surface area contributed by atoms with Crippen LogP contribution in [0.1, 0.15) is 118 Å². The lowest BCUT2D eigenvalue weighted by molar-refractivity contribution is 0.262. The van der Waals surface area contributed by atoms with E-state index in [1.165, 1.54) is 31.2 Å². The Bertz CT molecular complexity index is 1290. The zero-order valence-electron chi connectivity index (χ0n) is 26.2. The topological polar surface area (TPSA) is 36.9 Å². The number of benzene rings is 3. The Morgan fingerprint density at radius 1 is 0.600 bits per heavy atom. The van der Waals surface area contributed by atoms with E-state index in [1.54, 1.807) is 0 Å². The van der Waals surface area contributed by atoms with E-state index in [0.29, 0.717) is 24.7 Å². The fourth-order valence-corrected chi connectivity index (χ4v) is 5.19. The normalized spacial score (nSPS) is 12.9. The molecule has 3 aromatic carbocycles. The van der Waals surface area contributed by atoms with Crippen molar-refractivity contribution in [3.63, 3.8) is 0 Å². The van der Waals surface area contributed by atoms with E-state index in [2.05, 4.69) is 91.8 Å². The molecular formula is C36H50O4. The summed E-state index contributed by atoms with van der Waals surface area (Å²) in [5.74, 6) is 4.24. The fraction of sp³-hybridized carbons (Fsp3) is 0.556. The Balaban J connectivity index is 1.85. The molecule has 1 aliphatic heterocycles. The van der Waals surface area contributed by atoms with Gasteiger partial charge in [0.2, 0.25) is 11.5 Å². The minimum Gasteiger partial charge on any atom is -0.489 e. The lowest BCUT2D eigenvalue weighted by Gasteiger charge is -2.33. The van der Waals surface area contributed by atoms with Gasteiger partial charge in [0.1, 0.15) is 0 Å². The summed E-state index contributed by atoms with van der Waals surface area (Å²) in [7, 11) is 0. The van der Waals surface area contributed by atoms with Crippen molar-refractivity contribution < 1.29 is 18.9 Å². The molecule has 1 heterocycles. The van der Waals surface area contributed by atoms with Gasteiger partial charge in [0.15, 0.2) is 23.0 Å². The third-order valence-corrected chi connectivity index (χ3v) is 7.67. The molecule has 0 saturated carbocycles. The van der Waals surface area contributed by atoms with Gasteiger partial charge < -0.3 is 18.9 Å². The Labute approximate surface area is 242 Å². The van der Waals surface area contributed by atoms with Gasteiger partial charge in [-0.15, -0.1) is 0 Å². The predicted molar refractivity (Wildman–Crippen MR) is 167 cm³/mol. The molecule has 0 aromatic heterocycles. The van der Waals surface area contributed by atoms with Crippen LogP contribution in [0, 0.1) is 0 Å². The summed E-state index contributed by atoms with van der Waals surface area (Å²) < 4.78 is 26.8. The van der Waals surface area contributed by atoms with Gasteiger partial charge in [-0.2, -0.15) is 0 Å². The minimum absolute atomic E-state index is 0.0343. The van der Waals surface area contributed by atoms with E-state index < -0.39 is 0 Å². The van der Waals surface area contributed by atoms with E-state index in [-0.39, 0.29) is 10.8 Å². The van der Waals surface area contributed by atoms with Crippen molar-refractivity contribution in [3.8, 4) is 34.5 Å². The molecule has 0 unspecified atom stereocenters. The zero-order valence-corrected chi connectivity index (χ0v) is 26.2. The first kappa shape index (κ1) is 30.1. The molecule has 0 spiro atoms. The van der Waals surface area contributed by atoms with Gasteiger partial charge in [0.05, 0.1) is 13.2 Å². The molecule has 40 heavy (non-hydrogen) atoms. The Hall–Kier alpha value is -2.88. The number of hydrogen-bond acceptors (Lipinski definition) is 4. The lowest BCUT2D eigenvalue weighted by atomic mass is 9.80. The Kier molecular flexibility index (Phi) is 9.59. The molecule has 0 amide bonds. The van der Waals surface area contributed by atoms with Crippen LogP contribution in [0.2, 0.25) is 0 Å². The fourth-order valence-electron chi connectivity index (χ4n) is 5.19. The summed E-state index contributed by atoms with van der Waals surface area (Å²) in [5.41, 5.74) is 2.18. The second-order valence-electron chi connectivity index (χ2n) is 13.2. The third kappa shape index (κ3) is 6.70. The molecule has 4 rings (SSSR count). The molecule has 0 atom stereocenters. The highest BCUT2D eigenvalue weighted by Gasteiger charge is 2.35. The molecule has 218 valence electrons. The van der Waals surface area contributed by atoms with Crippen LogP contribution in [0.3, 0.4) is 0 Å². The summed E-state index contributed by atoms with van der Waals surface area (Å²) in [4.78, 5) is 0. The number of ether oxygens (including phenoxy) is 4. The first-order valence-corrected chi connectivity index (χ1v) is 15.4. The number of rotatable bonds is 12. The van der Waals surface area contributed by atoms with E-state index >= 15 is 0 Å². The van der Waals surface area contributed by atoms with Crippen molar-refractivity contribution in [2.45, 2.75) is 118 Å². The molecule has 0 aliphatic carbocycles. The Morgan fingerprint density at radius 2 is 1.12 bits per heavy atom. The van der Waals surface area contributed by atoms with Crippen LogP contribution >= 0.6 is 0 Å². The largest absolute Gasteiger partial charge is 0.489 e. The summed E-state index contributed by atoms with van der Waals surface area (Å²) in [6.07, 6.45) is 9.14. The second-order valence-corrected chi connectivity index (χ2v) is 13.2. The molecule has 0 bridgehead atoms.